The highest BCUT2D eigenvalue weighted by molar-refractivity contribution is 5.75. The first-order chi connectivity index (χ1) is 9.49. The van der Waals surface area contributed by atoms with Crippen molar-refractivity contribution < 1.29 is 9.53 Å². The number of hydrogen-bond acceptors (Lipinski definition) is 4. The Bertz CT molecular complexity index is 419. The Morgan fingerprint density at radius 1 is 1.45 bits per heavy atom. The van der Waals surface area contributed by atoms with Crippen LogP contribution in [0.5, 0.6) is 5.88 Å². The van der Waals surface area contributed by atoms with Crippen LogP contribution in [0.25, 0.3) is 0 Å². The van der Waals surface area contributed by atoms with Crippen LogP contribution in [0.3, 0.4) is 0 Å². The number of aromatic nitrogens is 1. The largest absolute Gasteiger partial charge is 0.475 e. The Labute approximate surface area is 120 Å². The zero-order valence-corrected chi connectivity index (χ0v) is 12.6. The van der Waals surface area contributed by atoms with E-state index in [0.717, 1.165) is 18.4 Å². The van der Waals surface area contributed by atoms with Gasteiger partial charge in [-0.05, 0) is 39.7 Å². The maximum atomic E-state index is 11.7. The van der Waals surface area contributed by atoms with Crippen LogP contribution in [0.15, 0.2) is 18.3 Å². The van der Waals surface area contributed by atoms with Crippen LogP contribution >= 0.6 is 0 Å². The molecule has 112 valence electrons. The maximum Gasteiger partial charge on any atom is 0.220 e. The van der Waals surface area contributed by atoms with Crippen LogP contribution < -0.4 is 15.8 Å². The summed E-state index contributed by atoms with van der Waals surface area (Å²) in [7, 11) is 0. The number of pyridine rings is 1. The second-order valence-corrected chi connectivity index (χ2v) is 5.28. The fourth-order valence-electron chi connectivity index (χ4n) is 1.75. The van der Waals surface area contributed by atoms with Gasteiger partial charge < -0.3 is 15.8 Å². The van der Waals surface area contributed by atoms with Gasteiger partial charge in [-0.15, -0.1) is 0 Å². The molecule has 1 aromatic heterocycles. The summed E-state index contributed by atoms with van der Waals surface area (Å²) < 4.78 is 5.61. The number of rotatable bonds is 8. The van der Waals surface area contributed by atoms with Crippen LogP contribution in [0.2, 0.25) is 0 Å². The molecule has 0 aliphatic heterocycles. The maximum absolute atomic E-state index is 11.7. The Morgan fingerprint density at radius 2 is 2.20 bits per heavy atom. The lowest BCUT2D eigenvalue weighted by atomic mass is 10.1. The van der Waals surface area contributed by atoms with Crippen LogP contribution in [-0.2, 0) is 11.3 Å². The topological polar surface area (TPSA) is 77.2 Å². The predicted octanol–water partition coefficient (Wildman–Crippen LogP) is 2.00. The van der Waals surface area contributed by atoms with Crippen LogP contribution in [-0.4, -0.2) is 23.0 Å². The quantitative estimate of drug-likeness (QED) is 0.763. The molecule has 0 bridgehead atoms. The van der Waals surface area contributed by atoms with Crippen molar-refractivity contribution in [3.8, 4) is 5.88 Å². The van der Waals surface area contributed by atoms with Gasteiger partial charge in [0.25, 0.3) is 0 Å². The van der Waals surface area contributed by atoms with Gasteiger partial charge in [0, 0.05) is 30.8 Å². The van der Waals surface area contributed by atoms with E-state index in [1.807, 2.05) is 32.9 Å². The Morgan fingerprint density at radius 3 is 2.85 bits per heavy atom. The second-order valence-electron chi connectivity index (χ2n) is 5.28. The molecule has 5 nitrogen and oxygen atoms in total. The van der Waals surface area contributed by atoms with Crippen molar-refractivity contribution in [2.24, 2.45) is 5.73 Å². The van der Waals surface area contributed by atoms with E-state index in [-0.39, 0.29) is 18.1 Å². The molecule has 1 amide bonds. The average Bonchev–Trinajstić information content (AvgIpc) is 2.36. The number of nitrogens with one attached hydrogen (secondary N) is 1. The molecule has 3 N–H and O–H groups in total. The molecule has 5 heteroatoms. The normalized spacial score (nSPS) is 12.2. The molecule has 20 heavy (non-hydrogen) atoms. The van der Waals surface area contributed by atoms with E-state index in [4.69, 9.17) is 10.5 Å². The average molecular weight is 279 g/mol. The summed E-state index contributed by atoms with van der Waals surface area (Å²) in [5.74, 6) is 0.614. The summed E-state index contributed by atoms with van der Waals surface area (Å²) in [6.07, 6.45) is 3.92. The van der Waals surface area contributed by atoms with Crippen LogP contribution in [0.1, 0.15) is 45.6 Å². The number of carbonyl (C=O) groups excluding carboxylic acids is 1. The molecule has 0 aliphatic rings. The molecule has 0 saturated carbocycles. The van der Waals surface area contributed by atoms with E-state index >= 15 is 0 Å². The van der Waals surface area contributed by atoms with Crippen molar-refractivity contribution in [3.05, 3.63) is 23.9 Å². The van der Waals surface area contributed by atoms with Gasteiger partial charge in [0.15, 0.2) is 0 Å². The first-order valence-corrected chi connectivity index (χ1v) is 7.12. The Hall–Kier alpha value is -1.62. The highest BCUT2D eigenvalue weighted by Gasteiger charge is 2.08. The molecule has 1 rings (SSSR count). The number of nitrogens with two attached hydrogens (primary N) is 1. The standard InChI is InChI=1S/C15H25N3O2/c1-11(2)20-15-13(7-5-9-17-15)10-18-14(19)8-4-6-12(3)16/h5,7,9,11-12H,4,6,8,10,16H2,1-3H3,(H,18,19). The van der Waals surface area contributed by atoms with Gasteiger partial charge in [-0.2, -0.15) is 0 Å². The smallest absolute Gasteiger partial charge is 0.220 e. The fourth-order valence-corrected chi connectivity index (χ4v) is 1.75. The first-order valence-electron chi connectivity index (χ1n) is 7.12. The van der Waals surface area contributed by atoms with Crippen molar-refractivity contribution in [3.63, 3.8) is 0 Å². The zero-order chi connectivity index (χ0) is 15.0. The predicted molar refractivity (Wildman–Crippen MR) is 79.3 cm³/mol. The first kappa shape index (κ1) is 16.4. The lowest BCUT2D eigenvalue weighted by molar-refractivity contribution is -0.121. The van der Waals surface area contributed by atoms with Crippen molar-refractivity contribution in [2.75, 3.05) is 0 Å². The zero-order valence-electron chi connectivity index (χ0n) is 12.6. The van der Waals surface area contributed by atoms with Gasteiger partial charge in [-0.3, -0.25) is 4.79 Å². The lowest BCUT2D eigenvalue weighted by Gasteiger charge is -2.13. The highest BCUT2D eigenvalue weighted by atomic mass is 16.5. The fraction of sp³-hybridized carbons (Fsp3) is 0.600. The summed E-state index contributed by atoms with van der Waals surface area (Å²) in [6.45, 7) is 6.28. The van der Waals surface area contributed by atoms with E-state index < -0.39 is 0 Å². The summed E-state index contributed by atoms with van der Waals surface area (Å²) in [5.41, 5.74) is 6.54. The summed E-state index contributed by atoms with van der Waals surface area (Å²) in [4.78, 5) is 15.9. The van der Waals surface area contributed by atoms with E-state index in [2.05, 4.69) is 10.3 Å². The van der Waals surface area contributed by atoms with Crippen LogP contribution in [0.4, 0.5) is 0 Å². The molecule has 1 unspecified atom stereocenters. The molecule has 1 heterocycles. The molecular formula is C15H25N3O2. The van der Waals surface area contributed by atoms with Gasteiger partial charge in [0.05, 0.1) is 6.10 Å². The molecular weight excluding hydrogens is 254 g/mol. The van der Waals surface area contributed by atoms with E-state index in [1.165, 1.54) is 0 Å². The third kappa shape index (κ3) is 6.52. The minimum atomic E-state index is 0.0324. The third-order valence-electron chi connectivity index (χ3n) is 2.74. The summed E-state index contributed by atoms with van der Waals surface area (Å²) >= 11 is 0. The molecule has 1 aromatic rings. The number of ether oxygens (including phenoxy) is 1. The summed E-state index contributed by atoms with van der Waals surface area (Å²) in [6, 6.07) is 3.89. The molecule has 0 spiro atoms. The van der Waals surface area contributed by atoms with Crippen LogP contribution in [0, 0.1) is 0 Å². The van der Waals surface area contributed by atoms with Gasteiger partial charge in [-0.25, -0.2) is 4.98 Å². The summed E-state index contributed by atoms with van der Waals surface area (Å²) in [5, 5.41) is 2.89. The number of amides is 1. The van der Waals surface area contributed by atoms with Crippen molar-refractivity contribution in [1.29, 1.82) is 0 Å². The number of hydrogen-bond donors (Lipinski definition) is 2. The molecule has 0 fully saturated rings. The second kappa shape index (κ2) is 8.53. The monoisotopic (exact) mass is 279 g/mol. The molecule has 0 aromatic carbocycles. The Balaban J connectivity index is 2.42. The highest BCUT2D eigenvalue weighted by Crippen LogP contribution is 2.15. The van der Waals surface area contributed by atoms with E-state index in [1.54, 1.807) is 6.20 Å². The molecule has 0 aliphatic carbocycles. The lowest BCUT2D eigenvalue weighted by Crippen LogP contribution is -2.24. The minimum absolute atomic E-state index is 0.0324. The van der Waals surface area contributed by atoms with Gasteiger partial charge in [-0.1, -0.05) is 6.07 Å². The number of nitrogens with zero attached hydrogens (tertiary/aromatic N) is 1. The SMILES string of the molecule is CC(N)CCCC(=O)NCc1cccnc1OC(C)C. The number of carbonyl (C=O) groups is 1. The van der Waals surface area contributed by atoms with E-state index in [0.29, 0.717) is 18.8 Å². The van der Waals surface area contributed by atoms with E-state index in [9.17, 15) is 4.79 Å². The van der Waals surface area contributed by atoms with Crippen molar-refractivity contribution >= 4 is 5.91 Å². The van der Waals surface area contributed by atoms with Gasteiger partial charge >= 0.3 is 0 Å². The van der Waals surface area contributed by atoms with Gasteiger partial charge in [0.1, 0.15) is 0 Å². The Kier molecular flexibility index (Phi) is 7.01. The van der Waals surface area contributed by atoms with Crippen molar-refractivity contribution in [2.45, 2.75) is 58.7 Å². The minimum Gasteiger partial charge on any atom is -0.475 e. The molecule has 1 atom stereocenters. The third-order valence-corrected chi connectivity index (χ3v) is 2.74. The van der Waals surface area contributed by atoms with Gasteiger partial charge in [0.2, 0.25) is 11.8 Å². The van der Waals surface area contributed by atoms with Crippen molar-refractivity contribution in [1.82, 2.24) is 10.3 Å². The molecule has 0 saturated heterocycles. The molecule has 0 radical (unpaired) electrons.